The number of methoxy groups -OCH3 is 1. The van der Waals surface area contributed by atoms with Crippen LogP contribution in [0.25, 0.3) is 6.08 Å². The Kier molecular flexibility index (Phi) is 7.63. The van der Waals surface area contributed by atoms with Crippen molar-refractivity contribution in [1.29, 1.82) is 0 Å². The highest BCUT2D eigenvalue weighted by Gasteiger charge is 2.07. The molecule has 0 spiro atoms. The summed E-state index contributed by atoms with van der Waals surface area (Å²) in [6.07, 6.45) is 3.15. The van der Waals surface area contributed by atoms with Crippen LogP contribution in [0.1, 0.15) is 26.3 Å². The number of rotatable bonds is 8. The lowest BCUT2D eigenvalue weighted by atomic mass is 10.2. The average molecular weight is 382 g/mol. The lowest BCUT2D eigenvalue weighted by Gasteiger charge is -2.09. The highest BCUT2D eigenvalue weighted by molar-refractivity contribution is 6.02. The van der Waals surface area contributed by atoms with Gasteiger partial charge in [-0.05, 0) is 55.0 Å². The third kappa shape index (κ3) is 6.16. The fraction of sp³-hybridized carbons (Fsp3) is 0.273. The first-order valence-electron chi connectivity index (χ1n) is 9.13. The van der Waals surface area contributed by atoms with Crippen molar-refractivity contribution in [3.05, 3.63) is 54.1 Å². The minimum Gasteiger partial charge on any atom is -0.493 e. The van der Waals surface area contributed by atoms with E-state index in [1.54, 1.807) is 43.5 Å². The monoisotopic (exact) mass is 382 g/mol. The summed E-state index contributed by atoms with van der Waals surface area (Å²) in [4.78, 5) is 23.8. The topological polar surface area (TPSA) is 76.7 Å². The normalized spacial score (nSPS) is 10.8. The van der Waals surface area contributed by atoms with Crippen LogP contribution in [0.3, 0.4) is 0 Å². The highest BCUT2D eigenvalue weighted by atomic mass is 16.5. The molecule has 2 aromatic carbocycles. The van der Waals surface area contributed by atoms with Gasteiger partial charge in [0.15, 0.2) is 11.5 Å². The van der Waals surface area contributed by atoms with Crippen molar-refractivity contribution in [1.82, 2.24) is 0 Å². The second-order valence-electron chi connectivity index (χ2n) is 6.39. The van der Waals surface area contributed by atoms with Crippen molar-refractivity contribution in [2.24, 2.45) is 5.92 Å². The fourth-order valence-electron chi connectivity index (χ4n) is 2.34. The zero-order valence-electron chi connectivity index (χ0n) is 16.6. The average Bonchev–Trinajstić information content (AvgIpc) is 2.68. The van der Waals surface area contributed by atoms with Gasteiger partial charge in [-0.3, -0.25) is 9.59 Å². The predicted octanol–water partition coefficient (Wildman–Crippen LogP) is 4.34. The third-order valence-electron chi connectivity index (χ3n) is 3.86. The van der Waals surface area contributed by atoms with Crippen molar-refractivity contribution >= 4 is 29.3 Å². The molecule has 0 fully saturated rings. The van der Waals surface area contributed by atoms with Crippen LogP contribution in [-0.2, 0) is 9.59 Å². The van der Waals surface area contributed by atoms with E-state index in [-0.39, 0.29) is 17.7 Å². The van der Waals surface area contributed by atoms with Gasteiger partial charge in [-0.15, -0.1) is 0 Å². The summed E-state index contributed by atoms with van der Waals surface area (Å²) in [6.45, 7) is 6.11. The molecule has 0 aromatic heterocycles. The van der Waals surface area contributed by atoms with Crippen molar-refractivity contribution in [2.45, 2.75) is 20.8 Å². The predicted molar refractivity (Wildman–Crippen MR) is 112 cm³/mol. The van der Waals surface area contributed by atoms with E-state index in [2.05, 4.69) is 10.6 Å². The molecule has 2 N–H and O–H groups in total. The smallest absolute Gasteiger partial charge is 0.248 e. The van der Waals surface area contributed by atoms with Crippen LogP contribution in [0.5, 0.6) is 11.5 Å². The zero-order chi connectivity index (χ0) is 20.5. The van der Waals surface area contributed by atoms with Crippen LogP contribution in [-0.4, -0.2) is 25.5 Å². The van der Waals surface area contributed by atoms with Gasteiger partial charge in [0.1, 0.15) is 0 Å². The number of anilines is 2. The van der Waals surface area contributed by atoms with Crippen LogP contribution >= 0.6 is 0 Å². The molecule has 2 rings (SSSR count). The van der Waals surface area contributed by atoms with Gasteiger partial charge in [-0.2, -0.15) is 0 Å². The molecule has 0 aliphatic heterocycles. The van der Waals surface area contributed by atoms with E-state index >= 15 is 0 Å². The SMILES string of the molecule is CCOc1ccc(/C=C/C(=O)Nc2ccc(NC(=O)C(C)C)cc2)cc1OC. The first kappa shape index (κ1) is 21.0. The number of carbonyl (C=O) groups excluding carboxylic acids is 2. The van der Waals surface area contributed by atoms with Gasteiger partial charge in [-0.1, -0.05) is 19.9 Å². The van der Waals surface area contributed by atoms with Crippen LogP contribution in [0, 0.1) is 5.92 Å². The Labute approximate surface area is 165 Å². The molecule has 148 valence electrons. The van der Waals surface area contributed by atoms with Gasteiger partial charge in [0.2, 0.25) is 11.8 Å². The van der Waals surface area contributed by atoms with Crippen LogP contribution in [0.15, 0.2) is 48.5 Å². The standard InChI is InChI=1S/C22H26N2O4/c1-5-28-19-12-6-16(14-20(19)27-4)7-13-21(25)23-17-8-10-18(11-9-17)24-22(26)15(2)3/h6-15H,5H2,1-4H3,(H,23,25)(H,24,26)/b13-7+. The molecule has 28 heavy (non-hydrogen) atoms. The molecule has 0 saturated heterocycles. The summed E-state index contributed by atoms with van der Waals surface area (Å²) < 4.78 is 10.8. The molecule has 2 aromatic rings. The van der Waals surface area contributed by atoms with E-state index in [0.29, 0.717) is 29.5 Å². The van der Waals surface area contributed by atoms with Gasteiger partial charge in [0.05, 0.1) is 13.7 Å². The molecule has 0 saturated carbocycles. The number of nitrogens with one attached hydrogen (secondary N) is 2. The molecule has 2 amide bonds. The summed E-state index contributed by atoms with van der Waals surface area (Å²) in [5.41, 5.74) is 2.15. The van der Waals surface area contributed by atoms with Crippen molar-refractivity contribution < 1.29 is 19.1 Å². The second-order valence-corrected chi connectivity index (χ2v) is 6.39. The molecular formula is C22H26N2O4. The van der Waals surface area contributed by atoms with Crippen molar-refractivity contribution in [3.63, 3.8) is 0 Å². The van der Waals surface area contributed by atoms with E-state index in [0.717, 1.165) is 5.56 Å². The lowest BCUT2D eigenvalue weighted by molar-refractivity contribution is -0.119. The molecule has 0 atom stereocenters. The number of ether oxygens (including phenoxy) is 2. The van der Waals surface area contributed by atoms with Crippen LogP contribution in [0.4, 0.5) is 11.4 Å². The van der Waals surface area contributed by atoms with E-state index in [1.807, 2.05) is 32.9 Å². The van der Waals surface area contributed by atoms with Gasteiger partial charge >= 0.3 is 0 Å². The van der Waals surface area contributed by atoms with E-state index in [9.17, 15) is 9.59 Å². The molecular weight excluding hydrogens is 356 g/mol. The molecule has 0 heterocycles. The molecule has 0 unspecified atom stereocenters. The number of carbonyl (C=O) groups is 2. The van der Waals surface area contributed by atoms with Gasteiger partial charge in [0.25, 0.3) is 0 Å². The summed E-state index contributed by atoms with van der Waals surface area (Å²) in [5, 5.41) is 5.59. The maximum Gasteiger partial charge on any atom is 0.248 e. The van der Waals surface area contributed by atoms with Gasteiger partial charge < -0.3 is 20.1 Å². The van der Waals surface area contributed by atoms with Crippen molar-refractivity contribution in [3.8, 4) is 11.5 Å². The molecule has 6 heteroatoms. The molecule has 0 bridgehead atoms. The molecule has 0 radical (unpaired) electrons. The molecule has 0 aliphatic rings. The Morgan fingerprint density at radius 1 is 1.00 bits per heavy atom. The van der Waals surface area contributed by atoms with Gasteiger partial charge in [-0.25, -0.2) is 0 Å². The number of benzene rings is 2. The lowest BCUT2D eigenvalue weighted by Crippen LogP contribution is -2.17. The maximum absolute atomic E-state index is 12.1. The molecule has 6 nitrogen and oxygen atoms in total. The number of hydrogen-bond acceptors (Lipinski definition) is 4. The first-order chi connectivity index (χ1) is 13.4. The van der Waals surface area contributed by atoms with E-state index < -0.39 is 0 Å². The summed E-state index contributed by atoms with van der Waals surface area (Å²) >= 11 is 0. The van der Waals surface area contributed by atoms with Crippen LogP contribution < -0.4 is 20.1 Å². The minimum absolute atomic E-state index is 0.0505. The van der Waals surface area contributed by atoms with Gasteiger partial charge in [0, 0.05) is 23.4 Å². The maximum atomic E-state index is 12.1. The fourth-order valence-corrected chi connectivity index (χ4v) is 2.34. The zero-order valence-corrected chi connectivity index (χ0v) is 16.6. The third-order valence-corrected chi connectivity index (χ3v) is 3.86. The van der Waals surface area contributed by atoms with Crippen molar-refractivity contribution in [2.75, 3.05) is 24.4 Å². The quantitative estimate of drug-likeness (QED) is 0.666. The van der Waals surface area contributed by atoms with Crippen LogP contribution in [0.2, 0.25) is 0 Å². The summed E-state index contributed by atoms with van der Waals surface area (Å²) in [6, 6.07) is 12.4. The highest BCUT2D eigenvalue weighted by Crippen LogP contribution is 2.28. The minimum atomic E-state index is -0.258. The second kappa shape index (κ2) is 10.2. The molecule has 0 aliphatic carbocycles. The Bertz CT molecular complexity index is 842. The Hall–Kier alpha value is -3.28. The van der Waals surface area contributed by atoms with E-state index in [4.69, 9.17) is 9.47 Å². The number of amides is 2. The Morgan fingerprint density at radius 2 is 1.64 bits per heavy atom. The Morgan fingerprint density at radius 3 is 2.21 bits per heavy atom. The Balaban J connectivity index is 1.97. The number of hydrogen-bond donors (Lipinski definition) is 2. The van der Waals surface area contributed by atoms with E-state index in [1.165, 1.54) is 6.08 Å². The first-order valence-corrected chi connectivity index (χ1v) is 9.13. The largest absolute Gasteiger partial charge is 0.493 e. The summed E-state index contributed by atoms with van der Waals surface area (Å²) in [7, 11) is 1.57. The summed E-state index contributed by atoms with van der Waals surface area (Å²) in [5.74, 6) is 0.878.